The maximum absolute atomic E-state index is 11.8. The Kier molecular flexibility index (Phi) is 9.01. The van der Waals surface area contributed by atoms with Crippen LogP contribution in [0.25, 0.3) is 0 Å². The lowest BCUT2D eigenvalue weighted by Crippen LogP contribution is -2.35. The largest absolute Gasteiger partial charge is 0.463 e. The molecule has 0 saturated heterocycles. The third kappa shape index (κ3) is 7.59. The van der Waals surface area contributed by atoms with Crippen LogP contribution in [0.2, 0.25) is 0 Å². The maximum atomic E-state index is 11.8. The Balaban J connectivity index is 2.04. The van der Waals surface area contributed by atoms with Crippen LogP contribution < -0.4 is 0 Å². The summed E-state index contributed by atoms with van der Waals surface area (Å²) in [6.45, 7) is 3.53. The topological polar surface area (TPSA) is 46.6 Å². The number of carbonyl (C=O) groups is 2. The van der Waals surface area contributed by atoms with Crippen LogP contribution in [0.1, 0.15) is 30.9 Å². The number of esters is 1. The molecule has 0 spiro atoms. The lowest BCUT2D eigenvalue weighted by Gasteiger charge is -2.28. The molecule has 1 atom stereocenters. The Morgan fingerprint density at radius 1 is 1.00 bits per heavy atom. The summed E-state index contributed by atoms with van der Waals surface area (Å²) in [6.07, 6.45) is 5.51. The van der Waals surface area contributed by atoms with Gasteiger partial charge in [-0.3, -0.25) is 4.90 Å². The van der Waals surface area contributed by atoms with Gasteiger partial charge in [-0.15, -0.1) is 0 Å². The highest BCUT2D eigenvalue weighted by Gasteiger charge is 2.18. The van der Waals surface area contributed by atoms with E-state index in [0.29, 0.717) is 32.5 Å². The van der Waals surface area contributed by atoms with E-state index in [9.17, 15) is 9.59 Å². The first kappa shape index (κ1) is 20.6. The van der Waals surface area contributed by atoms with Crippen molar-refractivity contribution in [1.82, 2.24) is 4.90 Å². The first-order chi connectivity index (χ1) is 13.2. The number of nitrogens with zero attached hydrogens (tertiary/aromatic N) is 1. The van der Waals surface area contributed by atoms with Crippen molar-refractivity contribution in [3.05, 3.63) is 83.9 Å². The first-order valence-electron chi connectivity index (χ1n) is 9.33. The van der Waals surface area contributed by atoms with Crippen LogP contribution in [0.4, 0.5) is 0 Å². The number of rotatable bonds is 11. The second kappa shape index (κ2) is 11.8. The molecule has 0 N–H and O–H groups in total. The molecule has 27 heavy (non-hydrogen) atoms. The summed E-state index contributed by atoms with van der Waals surface area (Å²) >= 11 is 0. The van der Waals surface area contributed by atoms with Gasteiger partial charge in [0.25, 0.3) is 0 Å². The molecule has 0 unspecified atom stereocenters. The minimum Gasteiger partial charge on any atom is -0.463 e. The summed E-state index contributed by atoms with van der Waals surface area (Å²) in [6, 6.07) is 20.1. The number of ether oxygens (including phenoxy) is 1. The molecule has 0 aliphatic rings. The Labute approximate surface area is 161 Å². The number of hydrogen-bond donors (Lipinski definition) is 0. The van der Waals surface area contributed by atoms with E-state index in [1.165, 1.54) is 17.2 Å². The van der Waals surface area contributed by atoms with Crippen LogP contribution in [0, 0.1) is 0 Å². The summed E-state index contributed by atoms with van der Waals surface area (Å²) in [5.41, 5.74) is 2.34. The maximum Gasteiger partial charge on any atom is 0.330 e. The lowest BCUT2D eigenvalue weighted by molar-refractivity contribution is -0.137. The summed E-state index contributed by atoms with van der Waals surface area (Å²) < 4.78 is 4.88. The van der Waals surface area contributed by atoms with Gasteiger partial charge in [0.2, 0.25) is 0 Å². The van der Waals surface area contributed by atoms with E-state index in [-0.39, 0.29) is 12.0 Å². The molecule has 4 heteroatoms. The highest BCUT2D eigenvalue weighted by molar-refractivity contribution is 5.81. The smallest absolute Gasteiger partial charge is 0.330 e. The molecule has 0 heterocycles. The number of allylic oxidation sites excluding steroid dienone is 1. The molecule has 4 nitrogen and oxygen atoms in total. The van der Waals surface area contributed by atoms with Gasteiger partial charge >= 0.3 is 5.97 Å². The van der Waals surface area contributed by atoms with E-state index in [1.54, 1.807) is 13.0 Å². The molecule has 2 rings (SSSR count). The van der Waals surface area contributed by atoms with E-state index in [2.05, 4.69) is 29.2 Å². The molecule has 0 saturated carbocycles. The number of benzene rings is 2. The second-order valence-corrected chi connectivity index (χ2v) is 6.31. The molecular weight excluding hydrogens is 338 g/mol. The fraction of sp³-hybridized carbons (Fsp3) is 0.304. The second-order valence-electron chi connectivity index (χ2n) is 6.31. The molecule has 2 aromatic carbocycles. The van der Waals surface area contributed by atoms with Crippen molar-refractivity contribution in [1.29, 1.82) is 0 Å². The van der Waals surface area contributed by atoms with Crippen LogP contribution in [-0.2, 0) is 27.4 Å². The van der Waals surface area contributed by atoms with Crippen LogP contribution in [0.5, 0.6) is 0 Å². The van der Waals surface area contributed by atoms with E-state index >= 15 is 0 Å². The molecule has 0 fully saturated rings. The third-order valence-corrected chi connectivity index (χ3v) is 4.25. The van der Waals surface area contributed by atoms with E-state index < -0.39 is 0 Å². The highest BCUT2D eigenvalue weighted by Crippen LogP contribution is 2.16. The molecule has 2 aromatic rings. The van der Waals surface area contributed by atoms with Gasteiger partial charge in [0.05, 0.1) is 12.6 Å². The van der Waals surface area contributed by atoms with E-state index in [1.807, 2.05) is 36.4 Å². The van der Waals surface area contributed by atoms with Gasteiger partial charge < -0.3 is 9.53 Å². The third-order valence-electron chi connectivity index (χ3n) is 4.25. The highest BCUT2D eigenvalue weighted by atomic mass is 16.5. The summed E-state index contributed by atoms with van der Waals surface area (Å²) in [7, 11) is 0. The summed E-state index contributed by atoms with van der Waals surface area (Å²) in [5.74, 6) is -0.342. The van der Waals surface area contributed by atoms with Crippen molar-refractivity contribution in [2.24, 2.45) is 0 Å². The fourth-order valence-electron chi connectivity index (χ4n) is 2.90. The average molecular weight is 365 g/mol. The molecule has 0 aliphatic heterocycles. The molecular formula is C23H27NO3. The van der Waals surface area contributed by atoms with Gasteiger partial charge in [-0.05, 0) is 30.9 Å². The Bertz CT molecular complexity index is 671. The van der Waals surface area contributed by atoms with Gasteiger partial charge in [0.15, 0.2) is 0 Å². The number of carbonyl (C=O) groups excluding carboxylic acids is 2. The average Bonchev–Trinajstić information content (AvgIpc) is 2.69. The summed E-state index contributed by atoms with van der Waals surface area (Å²) in [5, 5.41) is 0. The molecule has 142 valence electrons. The predicted molar refractivity (Wildman–Crippen MR) is 107 cm³/mol. The minimum absolute atomic E-state index is 0.225. The van der Waals surface area contributed by atoms with Crippen LogP contribution in [0.15, 0.2) is 72.8 Å². The van der Waals surface area contributed by atoms with Gasteiger partial charge in [0.1, 0.15) is 6.29 Å². The normalized spacial score (nSPS) is 12.2. The Morgan fingerprint density at radius 2 is 1.56 bits per heavy atom. The van der Waals surface area contributed by atoms with Crippen LogP contribution >= 0.6 is 0 Å². The Morgan fingerprint density at radius 3 is 2.04 bits per heavy atom. The molecule has 0 bridgehead atoms. The van der Waals surface area contributed by atoms with Crippen LogP contribution in [-0.4, -0.2) is 29.8 Å². The standard InChI is InChI=1S/C23H27NO3/c1-2-27-23(26)16-10-9-15-22(19-25)24(17-20-11-5-3-6-12-20)18-21-13-7-4-8-14-21/h3-8,10-14,16,19,22H,2,9,15,17-18H2,1H3/b16-10+/t22-/m1/s1. The van der Waals surface area contributed by atoms with Gasteiger partial charge in [-0.25, -0.2) is 4.79 Å². The molecule has 0 amide bonds. The lowest BCUT2D eigenvalue weighted by atomic mass is 10.1. The zero-order valence-electron chi connectivity index (χ0n) is 15.8. The van der Waals surface area contributed by atoms with Gasteiger partial charge in [0, 0.05) is 19.2 Å². The van der Waals surface area contributed by atoms with Crippen molar-refractivity contribution in [2.45, 2.75) is 38.9 Å². The fourth-order valence-corrected chi connectivity index (χ4v) is 2.90. The summed E-state index contributed by atoms with van der Waals surface area (Å²) in [4.78, 5) is 25.4. The van der Waals surface area contributed by atoms with Crippen molar-refractivity contribution in [3.8, 4) is 0 Å². The van der Waals surface area contributed by atoms with Crippen molar-refractivity contribution in [2.75, 3.05) is 6.61 Å². The van der Waals surface area contributed by atoms with Gasteiger partial charge in [-0.2, -0.15) is 0 Å². The molecule has 0 aliphatic carbocycles. The van der Waals surface area contributed by atoms with Crippen molar-refractivity contribution >= 4 is 12.3 Å². The first-order valence-corrected chi connectivity index (χ1v) is 9.33. The van der Waals surface area contributed by atoms with Gasteiger partial charge in [-0.1, -0.05) is 66.7 Å². The van der Waals surface area contributed by atoms with Crippen LogP contribution in [0.3, 0.4) is 0 Å². The van der Waals surface area contributed by atoms with E-state index in [0.717, 1.165) is 6.29 Å². The molecule has 0 aromatic heterocycles. The predicted octanol–water partition coefficient (Wildman–Crippen LogP) is 4.16. The molecule has 0 radical (unpaired) electrons. The number of hydrogen-bond acceptors (Lipinski definition) is 4. The minimum atomic E-state index is -0.342. The van der Waals surface area contributed by atoms with Crippen molar-refractivity contribution in [3.63, 3.8) is 0 Å². The zero-order valence-corrected chi connectivity index (χ0v) is 15.8. The van der Waals surface area contributed by atoms with Crippen molar-refractivity contribution < 1.29 is 14.3 Å². The Hall–Kier alpha value is -2.72. The quantitative estimate of drug-likeness (QED) is 0.341. The SMILES string of the molecule is CCOC(=O)/C=C/CC[C@H](C=O)N(Cc1ccccc1)Cc1ccccc1. The number of aldehydes is 1. The monoisotopic (exact) mass is 365 g/mol. The van der Waals surface area contributed by atoms with E-state index in [4.69, 9.17) is 4.74 Å². The zero-order chi connectivity index (χ0) is 19.3.